The fourth-order valence-corrected chi connectivity index (χ4v) is 4.15. The zero-order valence-corrected chi connectivity index (χ0v) is 14.1. The Bertz CT molecular complexity index is 381. The summed E-state index contributed by atoms with van der Waals surface area (Å²) in [4.78, 5) is 16.5. The van der Waals surface area contributed by atoms with Crippen LogP contribution in [0.2, 0.25) is 0 Å². The summed E-state index contributed by atoms with van der Waals surface area (Å²) in [5.41, 5.74) is 0. The van der Waals surface area contributed by atoms with Crippen LogP contribution in [0.15, 0.2) is 0 Å². The second kappa shape index (κ2) is 8.42. The molecule has 3 aliphatic rings. The zero-order valence-electron chi connectivity index (χ0n) is 14.1. The average molecular weight is 325 g/mol. The number of aliphatic hydroxyl groups is 1. The van der Waals surface area contributed by atoms with Gasteiger partial charge >= 0.3 is 0 Å². The molecule has 2 N–H and O–H groups in total. The van der Waals surface area contributed by atoms with Gasteiger partial charge in [-0.1, -0.05) is 19.3 Å². The van der Waals surface area contributed by atoms with E-state index in [9.17, 15) is 9.90 Å². The number of rotatable bonds is 5. The van der Waals surface area contributed by atoms with Crippen molar-refractivity contribution in [2.45, 2.75) is 44.2 Å². The number of likely N-dealkylation sites (tertiary alicyclic amines) is 1. The number of hydrogen-bond donors (Lipinski definition) is 2. The number of nitrogens with zero attached hydrogens (tertiary/aromatic N) is 2. The molecule has 3 rings (SSSR count). The topological polar surface area (TPSA) is 65.0 Å². The molecule has 0 spiro atoms. The average Bonchev–Trinajstić information content (AvgIpc) is 2.95. The van der Waals surface area contributed by atoms with Crippen molar-refractivity contribution in [1.82, 2.24) is 15.1 Å². The van der Waals surface area contributed by atoms with Gasteiger partial charge < -0.3 is 15.2 Å². The maximum absolute atomic E-state index is 12.2. The molecule has 0 aromatic heterocycles. The Balaban J connectivity index is 1.38. The quantitative estimate of drug-likeness (QED) is 0.748. The third-order valence-corrected chi connectivity index (χ3v) is 5.53. The van der Waals surface area contributed by atoms with Gasteiger partial charge in [0.05, 0.1) is 25.9 Å². The number of aliphatic hydroxyl groups excluding tert-OH is 1. The smallest absolute Gasteiger partial charge is 0.234 e. The van der Waals surface area contributed by atoms with E-state index >= 15 is 0 Å². The maximum atomic E-state index is 12.2. The van der Waals surface area contributed by atoms with Crippen molar-refractivity contribution < 1.29 is 14.6 Å². The van der Waals surface area contributed by atoms with Gasteiger partial charge in [0.25, 0.3) is 0 Å². The van der Waals surface area contributed by atoms with Crippen LogP contribution in [0.3, 0.4) is 0 Å². The Morgan fingerprint density at radius 3 is 2.61 bits per heavy atom. The molecule has 0 radical (unpaired) electrons. The Morgan fingerprint density at radius 2 is 1.87 bits per heavy atom. The van der Waals surface area contributed by atoms with Crippen LogP contribution in [0.5, 0.6) is 0 Å². The first kappa shape index (κ1) is 17.1. The Morgan fingerprint density at radius 1 is 1.13 bits per heavy atom. The molecule has 0 unspecified atom stereocenters. The molecule has 132 valence electrons. The summed E-state index contributed by atoms with van der Waals surface area (Å²) in [5, 5.41) is 13.4. The summed E-state index contributed by atoms with van der Waals surface area (Å²) in [5.74, 6) is 0.767. The summed E-state index contributed by atoms with van der Waals surface area (Å²) in [7, 11) is 0. The van der Waals surface area contributed by atoms with Crippen molar-refractivity contribution in [1.29, 1.82) is 0 Å². The molecular formula is C17H31N3O3. The molecule has 2 heterocycles. The van der Waals surface area contributed by atoms with E-state index in [1.54, 1.807) is 0 Å². The lowest BCUT2D eigenvalue weighted by Crippen LogP contribution is -2.49. The van der Waals surface area contributed by atoms with Crippen LogP contribution < -0.4 is 5.32 Å². The van der Waals surface area contributed by atoms with Gasteiger partial charge in [-0.3, -0.25) is 14.6 Å². The van der Waals surface area contributed by atoms with E-state index in [0.29, 0.717) is 19.0 Å². The van der Waals surface area contributed by atoms with Crippen LogP contribution in [0, 0.1) is 5.92 Å². The molecule has 2 saturated heterocycles. The van der Waals surface area contributed by atoms with Crippen LogP contribution in [-0.4, -0.2) is 85.4 Å². The predicted octanol–water partition coefficient (Wildman–Crippen LogP) is 0.0602. The van der Waals surface area contributed by atoms with Crippen molar-refractivity contribution in [2.24, 2.45) is 5.92 Å². The van der Waals surface area contributed by atoms with Crippen molar-refractivity contribution >= 4 is 5.91 Å². The fraction of sp³-hybridized carbons (Fsp3) is 0.941. The molecular weight excluding hydrogens is 294 g/mol. The van der Waals surface area contributed by atoms with E-state index in [1.165, 1.54) is 32.1 Å². The van der Waals surface area contributed by atoms with Crippen LogP contribution in [0.25, 0.3) is 0 Å². The van der Waals surface area contributed by atoms with Gasteiger partial charge in [-0.2, -0.15) is 0 Å². The molecule has 6 nitrogen and oxygen atoms in total. The number of nitrogens with one attached hydrogen (secondary N) is 1. The lowest BCUT2D eigenvalue weighted by Gasteiger charge is -2.33. The molecule has 2 aliphatic heterocycles. The zero-order chi connectivity index (χ0) is 16.1. The first-order valence-electron chi connectivity index (χ1n) is 9.21. The molecule has 1 saturated carbocycles. The van der Waals surface area contributed by atoms with Gasteiger partial charge in [0.2, 0.25) is 5.91 Å². The highest BCUT2D eigenvalue weighted by Crippen LogP contribution is 2.22. The minimum atomic E-state index is -0.362. The molecule has 0 aromatic rings. The van der Waals surface area contributed by atoms with Crippen LogP contribution in [0.4, 0.5) is 0 Å². The van der Waals surface area contributed by atoms with Gasteiger partial charge in [-0.05, 0) is 18.8 Å². The second-order valence-electron chi connectivity index (χ2n) is 7.29. The van der Waals surface area contributed by atoms with Crippen molar-refractivity contribution in [3.63, 3.8) is 0 Å². The normalized spacial score (nSPS) is 31.3. The van der Waals surface area contributed by atoms with Crippen LogP contribution >= 0.6 is 0 Å². The lowest BCUT2D eigenvalue weighted by molar-refractivity contribution is -0.122. The number of amides is 1. The Labute approximate surface area is 139 Å². The molecule has 0 aromatic carbocycles. The van der Waals surface area contributed by atoms with Crippen molar-refractivity contribution in [3.05, 3.63) is 0 Å². The van der Waals surface area contributed by atoms with Crippen molar-refractivity contribution in [2.75, 3.05) is 52.5 Å². The third kappa shape index (κ3) is 4.89. The highest BCUT2D eigenvalue weighted by molar-refractivity contribution is 5.78. The molecule has 3 fully saturated rings. The highest BCUT2D eigenvalue weighted by atomic mass is 16.5. The highest BCUT2D eigenvalue weighted by Gasteiger charge is 2.36. The monoisotopic (exact) mass is 325 g/mol. The van der Waals surface area contributed by atoms with E-state index < -0.39 is 0 Å². The number of β-amino-alcohol motifs (C(OH)–C–C–N with tert-alkyl or cyclic N) is 1. The SMILES string of the molecule is O=C(CN1C[C@H](O)[C@@H](N2CCOCC2)C1)NCC1CCCCC1. The summed E-state index contributed by atoms with van der Waals surface area (Å²) in [6, 6.07) is 0.144. The number of carbonyl (C=O) groups is 1. The summed E-state index contributed by atoms with van der Waals surface area (Å²) in [6.07, 6.45) is 6.10. The maximum Gasteiger partial charge on any atom is 0.234 e. The number of hydrogen-bond acceptors (Lipinski definition) is 5. The minimum absolute atomic E-state index is 0.102. The predicted molar refractivity (Wildman–Crippen MR) is 88.2 cm³/mol. The number of ether oxygens (including phenoxy) is 1. The Kier molecular flexibility index (Phi) is 6.28. The van der Waals surface area contributed by atoms with E-state index in [0.717, 1.165) is 39.4 Å². The van der Waals surface area contributed by atoms with Gasteiger partial charge in [0.15, 0.2) is 0 Å². The van der Waals surface area contributed by atoms with Crippen LogP contribution in [-0.2, 0) is 9.53 Å². The minimum Gasteiger partial charge on any atom is -0.390 e. The summed E-state index contributed by atoms with van der Waals surface area (Å²) < 4.78 is 5.37. The van der Waals surface area contributed by atoms with E-state index in [2.05, 4.69) is 15.1 Å². The summed E-state index contributed by atoms with van der Waals surface area (Å²) >= 11 is 0. The van der Waals surface area contributed by atoms with E-state index in [-0.39, 0.29) is 18.1 Å². The number of carbonyl (C=O) groups excluding carboxylic acids is 1. The van der Waals surface area contributed by atoms with Crippen molar-refractivity contribution in [3.8, 4) is 0 Å². The van der Waals surface area contributed by atoms with Gasteiger partial charge in [0.1, 0.15) is 0 Å². The fourth-order valence-electron chi connectivity index (χ4n) is 4.15. The first-order chi connectivity index (χ1) is 11.2. The molecule has 1 aliphatic carbocycles. The van der Waals surface area contributed by atoms with E-state index in [4.69, 9.17) is 4.74 Å². The summed E-state index contributed by atoms with van der Waals surface area (Å²) in [6.45, 7) is 5.84. The third-order valence-electron chi connectivity index (χ3n) is 5.53. The van der Waals surface area contributed by atoms with E-state index in [1.807, 2.05) is 0 Å². The van der Waals surface area contributed by atoms with Gasteiger partial charge in [-0.25, -0.2) is 0 Å². The number of morpholine rings is 1. The Hall–Kier alpha value is -0.690. The molecule has 6 heteroatoms. The van der Waals surface area contributed by atoms with Gasteiger partial charge in [0, 0.05) is 38.8 Å². The second-order valence-corrected chi connectivity index (χ2v) is 7.29. The molecule has 1 amide bonds. The standard InChI is InChI=1S/C17H31N3O3/c21-16-12-19(11-15(16)20-6-8-23-9-7-20)13-17(22)18-10-14-4-2-1-3-5-14/h14-16,21H,1-13H2,(H,18,22)/t15-,16-/m0/s1. The van der Waals surface area contributed by atoms with Gasteiger partial charge in [-0.15, -0.1) is 0 Å². The largest absolute Gasteiger partial charge is 0.390 e. The molecule has 0 bridgehead atoms. The molecule has 23 heavy (non-hydrogen) atoms. The lowest BCUT2D eigenvalue weighted by atomic mass is 9.89. The first-order valence-corrected chi connectivity index (χ1v) is 9.21. The van der Waals surface area contributed by atoms with Crippen LogP contribution in [0.1, 0.15) is 32.1 Å². The molecule has 2 atom stereocenters.